The molecule has 1 rings (SSSR count). The van der Waals surface area contributed by atoms with E-state index >= 15 is 0 Å². The minimum atomic E-state index is -0.416. The molecule has 1 aromatic carbocycles. The van der Waals surface area contributed by atoms with Crippen LogP contribution in [0.25, 0.3) is 0 Å². The van der Waals surface area contributed by atoms with Crippen molar-refractivity contribution in [3.63, 3.8) is 0 Å². The molecule has 0 atom stereocenters. The number of carbonyl (C=O) groups is 1. The van der Waals surface area contributed by atoms with E-state index in [9.17, 15) is 9.18 Å². The van der Waals surface area contributed by atoms with Crippen LogP contribution in [0, 0.1) is 5.82 Å². The van der Waals surface area contributed by atoms with Crippen molar-refractivity contribution in [1.82, 2.24) is 0 Å². The molecule has 0 aliphatic heterocycles. The molecule has 0 aromatic heterocycles. The molecule has 0 saturated heterocycles. The van der Waals surface area contributed by atoms with Crippen molar-refractivity contribution < 1.29 is 9.18 Å². The molecular weight excluding hydrogens is 169 g/mol. The maximum absolute atomic E-state index is 13.1. The molecule has 68 valence electrons. The first-order valence-electron chi connectivity index (χ1n) is 3.81. The van der Waals surface area contributed by atoms with E-state index in [1.807, 2.05) is 0 Å². The summed E-state index contributed by atoms with van der Waals surface area (Å²) in [6.45, 7) is 3.32. The van der Waals surface area contributed by atoms with Gasteiger partial charge in [-0.25, -0.2) is 4.39 Å². The summed E-state index contributed by atoms with van der Waals surface area (Å²) in [6.07, 6.45) is 1.15. The molecule has 0 unspecified atom stereocenters. The van der Waals surface area contributed by atoms with E-state index in [4.69, 9.17) is 0 Å². The van der Waals surface area contributed by atoms with Crippen molar-refractivity contribution in [2.24, 2.45) is 0 Å². The van der Waals surface area contributed by atoms with Crippen LogP contribution in [-0.4, -0.2) is 13.0 Å². The number of halogens is 1. The quantitative estimate of drug-likeness (QED) is 0.635. The smallest absolute Gasteiger partial charge is 0.250 e. The Hall–Kier alpha value is -1.64. The Morgan fingerprint density at radius 3 is 2.69 bits per heavy atom. The number of hydrogen-bond acceptors (Lipinski definition) is 1. The van der Waals surface area contributed by atoms with E-state index < -0.39 is 5.82 Å². The van der Waals surface area contributed by atoms with Gasteiger partial charge in [0.15, 0.2) is 0 Å². The van der Waals surface area contributed by atoms with Gasteiger partial charge < -0.3 is 4.90 Å². The first kappa shape index (κ1) is 9.45. The Balaban J connectivity index is 3.01. The Morgan fingerprint density at radius 2 is 2.15 bits per heavy atom. The maximum atomic E-state index is 13.1. The highest BCUT2D eigenvalue weighted by atomic mass is 19.1. The molecule has 3 heteroatoms. The van der Waals surface area contributed by atoms with E-state index in [2.05, 4.69) is 6.58 Å². The molecule has 0 saturated carbocycles. The summed E-state index contributed by atoms with van der Waals surface area (Å²) in [5.74, 6) is -0.745. The highest BCUT2D eigenvalue weighted by molar-refractivity contribution is 6.00. The highest BCUT2D eigenvalue weighted by Crippen LogP contribution is 2.16. The summed E-state index contributed by atoms with van der Waals surface area (Å²) >= 11 is 0. The lowest BCUT2D eigenvalue weighted by molar-refractivity contribution is -0.113. The number of carbonyl (C=O) groups excluding carboxylic acids is 1. The van der Waals surface area contributed by atoms with Crippen LogP contribution < -0.4 is 4.90 Å². The van der Waals surface area contributed by atoms with Gasteiger partial charge in [-0.05, 0) is 18.2 Å². The summed E-state index contributed by atoms with van der Waals surface area (Å²) in [6, 6.07) is 6.09. The van der Waals surface area contributed by atoms with Crippen LogP contribution in [-0.2, 0) is 4.79 Å². The van der Waals surface area contributed by atoms with Crippen molar-refractivity contribution in [3.05, 3.63) is 42.7 Å². The largest absolute Gasteiger partial charge is 0.309 e. The zero-order chi connectivity index (χ0) is 9.84. The monoisotopic (exact) mass is 179 g/mol. The van der Waals surface area contributed by atoms with Gasteiger partial charge in [0, 0.05) is 7.05 Å². The third-order valence-electron chi connectivity index (χ3n) is 1.72. The first-order valence-corrected chi connectivity index (χ1v) is 3.81. The topological polar surface area (TPSA) is 20.3 Å². The lowest BCUT2D eigenvalue weighted by Crippen LogP contribution is -2.24. The van der Waals surface area contributed by atoms with Crippen LogP contribution in [0.3, 0.4) is 0 Å². The van der Waals surface area contributed by atoms with E-state index in [1.54, 1.807) is 12.1 Å². The third-order valence-corrected chi connectivity index (χ3v) is 1.72. The van der Waals surface area contributed by atoms with Crippen molar-refractivity contribution >= 4 is 11.6 Å². The van der Waals surface area contributed by atoms with Crippen molar-refractivity contribution in [2.75, 3.05) is 11.9 Å². The second kappa shape index (κ2) is 3.85. The molecular formula is C10H10FNO. The van der Waals surface area contributed by atoms with Gasteiger partial charge in [0.05, 0.1) is 5.69 Å². The number of hydrogen-bond donors (Lipinski definition) is 0. The average Bonchev–Trinajstić information content (AvgIpc) is 2.16. The predicted molar refractivity (Wildman–Crippen MR) is 50.0 cm³/mol. The molecule has 2 nitrogen and oxygen atoms in total. The van der Waals surface area contributed by atoms with Crippen LogP contribution >= 0.6 is 0 Å². The molecule has 0 bridgehead atoms. The molecule has 13 heavy (non-hydrogen) atoms. The number of likely N-dealkylation sites (N-methyl/N-ethyl adjacent to an activating group) is 1. The van der Waals surface area contributed by atoms with Gasteiger partial charge in [-0.3, -0.25) is 4.79 Å². The average molecular weight is 179 g/mol. The zero-order valence-electron chi connectivity index (χ0n) is 7.33. The highest BCUT2D eigenvalue weighted by Gasteiger charge is 2.10. The van der Waals surface area contributed by atoms with Crippen molar-refractivity contribution in [1.29, 1.82) is 0 Å². The summed E-state index contributed by atoms with van der Waals surface area (Å²) in [5.41, 5.74) is 0.257. The molecule has 0 radical (unpaired) electrons. The first-order chi connectivity index (χ1) is 6.16. The van der Waals surface area contributed by atoms with Crippen LogP contribution in [0.1, 0.15) is 0 Å². The van der Waals surface area contributed by atoms with Crippen LogP contribution in [0.4, 0.5) is 10.1 Å². The maximum Gasteiger partial charge on any atom is 0.250 e. The fourth-order valence-corrected chi connectivity index (χ4v) is 0.979. The molecule has 0 heterocycles. The number of para-hydroxylation sites is 1. The van der Waals surface area contributed by atoms with Crippen molar-refractivity contribution in [3.8, 4) is 0 Å². The fourth-order valence-electron chi connectivity index (χ4n) is 0.979. The van der Waals surface area contributed by atoms with Crippen LogP contribution in [0.15, 0.2) is 36.9 Å². The van der Waals surface area contributed by atoms with Gasteiger partial charge in [0.2, 0.25) is 5.91 Å². The SMILES string of the molecule is C=CC(=O)N(C)c1ccccc1F. The molecule has 0 fully saturated rings. The number of benzene rings is 1. The standard InChI is InChI=1S/C10H10FNO/c1-3-10(13)12(2)9-7-5-4-6-8(9)11/h3-7H,1H2,2H3. The lowest BCUT2D eigenvalue weighted by atomic mass is 10.3. The molecule has 0 aliphatic carbocycles. The van der Waals surface area contributed by atoms with E-state index in [1.165, 1.54) is 24.1 Å². The summed E-state index contributed by atoms with van der Waals surface area (Å²) in [5, 5.41) is 0. The van der Waals surface area contributed by atoms with Gasteiger partial charge in [-0.1, -0.05) is 18.7 Å². The summed E-state index contributed by atoms with van der Waals surface area (Å²) in [7, 11) is 1.50. The number of rotatable bonds is 2. The fraction of sp³-hybridized carbons (Fsp3) is 0.100. The second-order valence-corrected chi connectivity index (χ2v) is 2.55. The third kappa shape index (κ3) is 1.93. The molecule has 0 aliphatic rings. The second-order valence-electron chi connectivity index (χ2n) is 2.55. The molecule has 0 N–H and O–H groups in total. The normalized spacial score (nSPS) is 9.38. The summed E-state index contributed by atoms with van der Waals surface area (Å²) in [4.78, 5) is 12.3. The van der Waals surface area contributed by atoms with Gasteiger partial charge in [0.25, 0.3) is 0 Å². The van der Waals surface area contributed by atoms with Gasteiger partial charge in [-0.15, -0.1) is 0 Å². The number of amides is 1. The van der Waals surface area contributed by atoms with E-state index in [0.717, 1.165) is 6.08 Å². The Labute approximate surface area is 76.3 Å². The Morgan fingerprint density at radius 1 is 1.54 bits per heavy atom. The minimum Gasteiger partial charge on any atom is -0.309 e. The van der Waals surface area contributed by atoms with Gasteiger partial charge >= 0.3 is 0 Å². The Kier molecular flexibility index (Phi) is 2.80. The molecule has 1 aromatic rings. The zero-order valence-corrected chi connectivity index (χ0v) is 7.33. The van der Waals surface area contributed by atoms with Crippen LogP contribution in [0.5, 0.6) is 0 Å². The van der Waals surface area contributed by atoms with E-state index in [-0.39, 0.29) is 11.6 Å². The molecule has 1 amide bonds. The van der Waals surface area contributed by atoms with E-state index in [0.29, 0.717) is 0 Å². The lowest BCUT2D eigenvalue weighted by Gasteiger charge is -2.15. The Bertz CT molecular complexity index is 335. The van der Waals surface area contributed by atoms with Crippen molar-refractivity contribution in [2.45, 2.75) is 0 Å². The van der Waals surface area contributed by atoms with Crippen LogP contribution in [0.2, 0.25) is 0 Å². The predicted octanol–water partition coefficient (Wildman–Crippen LogP) is 1.97. The molecule has 0 spiro atoms. The number of anilines is 1. The number of nitrogens with zero attached hydrogens (tertiary/aromatic N) is 1. The van der Waals surface area contributed by atoms with Gasteiger partial charge in [0.1, 0.15) is 5.82 Å². The van der Waals surface area contributed by atoms with Gasteiger partial charge in [-0.2, -0.15) is 0 Å². The minimum absolute atomic E-state index is 0.257. The summed E-state index contributed by atoms with van der Waals surface area (Å²) < 4.78 is 13.1.